The van der Waals surface area contributed by atoms with Crippen molar-refractivity contribution in [3.63, 3.8) is 0 Å². The third-order valence-corrected chi connectivity index (χ3v) is 9.94. The van der Waals surface area contributed by atoms with Crippen LogP contribution in [0.25, 0.3) is 100 Å². The molecular formula is C49H31N3O. The first-order valence-corrected chi connectivity index (χ1v) is 17.8. The summed E-state index contributed by atoms with van der Waals surface area (Å²) in [5.74, 6) is 1.88. The van der Waals surface area contributed by atoms with Crippen LogP contribution in [0.5, 0.6) is 0 Å². The standard InChI is InChI=1S/C49H31N3O/c1-4-15-32(16-5-1)35-21-14-22-36(29-35)38-23-10-11-24-39(38)37-27-28-41-43-31-44(40-25-12-13-26-42(40)46(43)53-45(41)30-37)49-51-47(33-17-6-2-7-18-33)50-48(52-49)34-19-8-3-9-20-34/h1-31H. The van der Waals surface area contributed by atoms with Crippen molar-refractivity contribution in [1.29, 1.82) is 0 Å². The first-order valence-electron chi connectivity index (χ1n) is 17.8. The first kappa shape index (κ1) is 30.6. The fourth-order valence-electron chi connectivity index (χ4n) is 7.36. The van der Waals surface area contributed by atoms with Crippen LogP contribution in [0.3, 0.4) is 0 Å². The van der Waals surface area contributed by atoms with Crippen molar-refractivity contribution in [1.82, 2.24) is 15.0 Å². The molecule has 2 aromatic heterocycles. The molecule has 0 spiro atoms. The van der Waals surface area contributed by atoms with Crippen LogP contribution in [0.4, 0.5) is 0 Å². The predicted molar refractivity (Wildman–Crippen MR) is 217 cm³/mol. The molecule has 0 radical (unpaired) electrons. The Bertz CT molecular complexity index is 2880. The summed E-state index contributed by atoms with van der Waals surface area (Å²) in [6.07, 6.45) is 0. The molecule has 2 heterocycles. The van der Waals surface area contributed by atoms with Gasteiger partial charge >= 0.3 is 0 Å². The maximum Gasteiger partial charge on any atom is 0.164 e. The zero-order valence-corrected chi connectivity index (χ0v) is 28.6. The Hall–Kier alpha value is -7.17. The zero-order valence-electron chi connectivity index (χ0n) is 28.6. The highest BCUT2D eigenvalue weighted by Gasteiger charge is 2.19. The summed E-state index contributed by atoms with van der Waals surface area (Å²) in [7, 11) is 0. The van der Waals surface area contributed by atoms with Crippen LogP contribution in [0.2, 0.25) is 0 Å². The highest BCUT2D eigenvalue weighted by atomic mass is 16.3. The van der Waals surface area contributed by atoms with E-state index < -0.39 is 0 Å². The lowest BCUT2D eigenvalue weighted by Crippen LogP contribution is -2.00. The molecule has 10 aromatic rings. The van der Waals surface area contributed by atoms with Gasteiger partial charge < -0.3 is 4.42 Å². The average Bonchev–Trinajstić information content (AvgIpc) is 3.62. The number of rotatable bonds is 6. The molecule has 4 nitrogen and oxygen atoms in total. The average molecular weight is 678 g/mol. The second kappa shape index (κ2) is 12.9. The number of hydrogen-bond donors (Lipinski definition) is 0. The molecule has 0 N–H and O–H groups in total. The van der Waals surface area contributed by atoms with E-state index in [1.54, 1.807) is 0 Å². The van der Waals surface area contributed by atoms with E-state index in [2.05, 4.69) is 127 Å². The molecule has 0 atom stereocenters. The van der Waals surface area contributed by atoms with E-state index in [0.717, 1.165) is 60.5 Å². The summed E-state index contributed by atoms with van der Waals surface area (Å²) >= 11 is 0. The third kappa shape index (κ3) is 5.54. The molecule has 53 heavy (non-hydrogen) atoms. The Morgan fingerprint density at radius 2 is 0.792 bits per heavy atom. The minimum absolute atomic E-state index is 0.619. The van der Waals surface area contributed by atoms with E-state index in [0.29, 0.717) is 17.5 Å². The quantitative estimate of drug-likeness (QED) is 0.176. The van der Waals surface area contributed by atoms with E-state index in [9.17, 15) is 0 Å². The Kier molecular flexibility index (Phi) is 7.43. The van der Waals surface area contributed by atoms with E-state index in [1.165, 1.54) is 22.3 Å². The van der Waals surface area contributed by atoms with Gasteiger partial charge in [0.15, 0.2) is 17.5 Å². The van der Waals surface area contributed by atoms with Gasteiger partial charge in [0, 0.05) is 32.8 Å². The van der Waals surface area contributed by atoms with Gasteiger partial charge in [-0.25, -0.2) is 15.0 Å². The van der Waals surface area contributed by atoms with Crippen LogP contribution < -0.4 is 0 Å². The number of hydrogen-bond acceptors (Lipinski definition) is 4. The van der Waals surface area contributed by atoms with Crippen LogP contribution in [0.1, 0.15) is 0 Å². The zero-order chi connectivity index (χ0) is 35.1. The van der Waals surface area contributed by atoms with E-state index in [1.807, 2.05) is 60.7 Å². The fourth-order valence-corrected chi connectivity index (χ4v) is 7.36. The van der Waals surface area contributed by atoms with Gasteiger partial charge in [-0.1, -0.05) is 164 Å². The second-order valence-corrected chi connectivity index (χ2v) is 13.2. The minimum atomic E-state index is 0.619. The monoisotopic (exact) mass is 677 g/mol. The van der Waals surface area contributed by atoms with Crippen LogP contribution >= 0.6 is 0 Å². The van der Waals surface area contributed by atoms with E-state index in [4.69, 9.17) is 19.4 Å². The predicted octanol–water partition coefficient (Wildman–Crippen LogP) is 12.9. The van der Waals surface area contributed by atoms with Crippen molar-refractivity contribution in [3.05, 3.63) is 188 Å². The molecule has 8 aromatic carbocycles. The molecule has 0 amide bonds. The summed E-state index contributed by atoms with van der Waals surface area (Å²) in [6.45, 7) is 0. The van der Waals surface area contributed by atoms with Crippen molar-refractivity contribution < 1.29 is 4.42 Å². The highest BCUT2D eigenvalue weighted by Crippen LogP contribution is 2.42. The second-order valence-electron chi connectivity index (χ2n) is 13.2. The van der Waals surface area contributed by atoms with Crippen molar-refractivity contribution >= 4 is 32.7 Å². The van der Waals surface area contributed by atoms with Gasteiger partial charge in [0.1, 0.15) is 11.2 Å². The fraction of sp³-hybridized carbons (Fsp3) is 0. The normalized spacial score (nSPS) is 11.4. The van der Waals surface area contributed by atoms with E-state index in [-0.39, 0.29) is 0 Å². The van der Waals surface area contributed by atoms with Crippen molar-refractivity contribution in [2.75, 3.05) is 0 Å². The van der Waals surface area contributed by atoms with Gasteiger partial charge in [0.25, 0.3) is 0 Å². The summed E-state index contributed by atoms with van der Waals surface area (Å²) in [5, 5.41) is 4.10. The third-order valence-electron chi connectivity index (χ3n) is 9.94. The lowest BCUT2D eigenvalue weighted by atomic mass is 9.92. The molecule has 0 aliphatic rings. The Balaban J connectivity index is 1.14. The topological polar surface area (TPSA) is 51.8 Å². The lowest BCUT2D eigenvalue weighted by Gasteiger charge is -2.12. The molecular weight excluding hydrogens is 647 g/mol. The van der Waals surface area contributed by atoms with Crippen molar-refractivity contribution in [2.45, 2.75) is 0 Å². The van der Waals surface area contributed by atoms with Crippen molar-refractivity contribution in [3.8, 4) is 67.5 Å². The Labute approximate surface area is 306 Å². The van der Waals surface area contributed by atoms with Crippen LogP contribution in [-0.2, 0) is 0 Å². The summed E-state index contributed by atoms with van der Waals surface area (Å²) in [6, 6.07) is 65.2. The molecule has 248 valence electrons. The molecule has 10 rings (SSSR count). The molecule has 0 unspecified atom stereocenters. The maximum absolute atomic E-state index is 6.77. The highest BCUT2D eigenvalue weighted by molar-refractivity contribution is 6.19. The minimum Gasteiger partial charge on any atom is -0.455 e. The van der Waals surface area contributed by atoms with Gasteiger partial charge in [-0.15, -0.1) is 0 Å². The van der Waals surface area contributed by atoms with Crippen LogP contribution in [-0.4, -0.2) is 15.0 Å². The van der Waals surface area contributed by atoms with Gasteiger partial charge in [0.2, 0.25) is 0 Å². The first-order chi connectivity index (χ1) is 26.3. The molecule has 0 aliphatic carbocycles. The number of benzene rings is 8. The Morgan fingerprint density at radius 3 is 1.45 bits per heavy atom. The molecule has 4 heteroatoms. The van der Waals surface area contributed by atoms with Crippen LogP contribution in [0.15, 0.2) is 192 Å². The number of nitrogens with zero attached hydrogens (tertiary/aromatic N) is 3. The van der Waals surface area contributed by atoms with E-state index >= 15 is 0 Å². The van der Waals surface area contributed by atoms with Gasteiger partial charge in [-0.05, 0) is 63.0 Å². The SMILES string of the molecule is c1ccc(-c2cccc(-c3ccccc3-c3ccc4c(c3)oc3c5ccccc5c(-c5nc(-c6ccccc6)nc(-c6ccccc6)n5)cc43)c2)cc1. The lowest BCUT2D eigenvalue weighted by molar-refractivity contribution is 0.673. The molecule has 0 fully saturated rings. The summed E-state index contributed by atoms with van der Waals surface area (Å²) < 4.78 is 6.77. The number of aromatic nitrogens is 3. The Morgan fingerprint density at radius 1 is 0.283 bits per heavy atom. The van der Waals surface area contributed by atoms with Gasteiger partial charge in [-0.3, -0.25) is 0 Å². The maximum atomic E-state index is 6.77. The smallest absolute Gasteiger partial charge is 0.164 e. The van der Waals surface area contributed by atoms with Crippen LogP contribution in [0, 0.1) is 0 Å². The number of fused-ring (bicyclic) bond motifs is 5. The van der Waals surface area contributed by atoms with Crippen molar-refractivity contribution in [2.24, 2.45) is 0 Å². The molecule has 0 saturated heterocycles. The summed E-state index contributed by atoms with van der Waals surface area (Å²) in [5.41, 5.74) is 11.5. The molecule has 0 saturated carbocycles. The number of furan rings is 1. The van der Waals surface area contributed by atoms with Gasteiger partial charge in [-0.2, -0.15) is 0 Å². The summed E-state index contributed by atoms with van der Waals surface area (Å²) in [4.78, 5) is 15.1. The largest absolute Gasteiger partial charge is 0.455 e. The molecule has 0 bridgehead atoms. The molecule has 0 aliphatic heterocycles. The van der Waals surface area contributed by atoms with Gasteiger partial charge in [0.05, 0.1) is 0 Å².